The molecule has 2 N–H and O–H groups in total. The second-order valence-electron chi connectivity index (χ2n) is 7.44. The molecule has 0 saturated heterocycles. The van der Waals surface area contributed by atoms with E-state index in [0.717, 1.165) is 52.7 Å². The third-order valence-electron chi connectivity index (χ3n) is 5.38. The smallest absolute Gasteiger partial charge is 0.128 e. The molecule has 4 nitrogen and oxygen atoms in total. The summed E-state index contributed by atoms with van der Waals surface area (Å²) in [5, 5.41) is 21.9. The minimum Gasteiger partial charge on any atom is -0.507 e. The van der Waals surface area contributed by atoms with Crippen LogP contribution in [0.15, 0.2) is 84.9 Å². The van der Waals surface area contributed by atoms with Gasteiger partial charge in [0.05, 0.1) is 31.6 Å². The molecule has 0 atom stereocenters. The molecule has 32 heavy (non-hydrogen) atoms. The van der Waals surface area contributed by atoms with Crippen LogP contribution < -0.4 is 0 Å². The van der Waals surface area contributed by atoms with Crippen LogP contribution in [-0.4, -0.2) is 20.2 Å². The predicted octanol–water partition coefficient (Wildman–Crippen LogP) is 7.32. The maximum atomic E-state index is 10.2. The van der Waals surface area contributed by atoms with E-state index < -0.39 is 0 Å². The van der Waals surface area contributed by atoms with Crippen molar-refractivity contribution in [3.05, 3.63) is 84.9 Å². The van der Waals surface area contributed by atoms with Crippen LogP contribution >= 0.6 is 22.7 Å². The van der Waals surface area contributed by atoms with Gasteiger partial charge in [0.1, 0.15) is 21.5 Å². The first-order chi connectivity index (χ1) is 15.7. The average Bonchev–Trinajstić information content (AvgIpc) is 3.42. The zero-order valence-corrected chi connectivity index (χ0v) is 18.3. The number of aromatic nitrogens is 2. The van der Waals surface area contributed by atoms with E-state index >= 15 is 0 Å². The van der Waals surface area contributed by atoms with Gasteiger partial charge in [-0.15, -0.1) is 22.7 Å². The van der Waals surface area contributed by atoms with E-state index in [-0.39, 0.29) is 11.5 Å². The van der Waals surface area contributed by atoms with Gasteiger partial charge in [-0.1, -0.05) is 36.4 Å². The number of aromatic hydroxyl groups is 2. The highest BCUT2D eigenvalue weighted by Crippen LogP contribution is 2.38. The fraction of sp³-hybridized carbons (Fsp3) is 0. The number of hydrogen-bond donors (Lipinski definition) is 2. The van der Waals surface area contributed by atoms with Gasteiger partial charge in [0.2, 0.25) is 0 Å². The normalized spacial score (nSPS) is 11.4. The van der Waals surface area contributed by atoms with Crippen molar-refractivity contribution < 1.29 is 10.2 Å². The topological polar surface area (TPSA) is 66.2 Å². The number of thiazole rings is 2. The Hall–Kier alpha value is -3.74. The number of fused-ring (bicyclic) bond motifs is 2. The zero-order chi connectivity index (χ0) is 21.7. The fourth-order valence-corrected chi connectivity index (χ4v) is 5.71. The van der Waals surface area contributed by atoms with Gasteiger partial charge in [-0.05, 0) is 59.7 Å². The molecular formula is C26H16N2O2S2. The highest BCUT2D eigenvalue weighted by atomic mass is 32.1. The highest BCUT2D eigenvalue weighted by molar-refractivity contribution is 7.22. The quantitative estimate of drug-likeness (QED) is 0.295. The van der Waals surface area contributed by atoms with E-state index in [1.807, 2.05) is 36.4 Å². The summed E-state index contributed by atoms with van der Waals surface area (Å²) < 4.78 is 2.15. The van der Waals surface area contributed by atoms with Crippen LogP contribution in [0.3, 0.4) is 0 Å². The Bertz CT molecular complexity index is 1500. The van der Waals surface area contributed by atoms with E-state index in [4.69, 9.17) is 9.97 Å². The van der Waals surface area contributed by atoms with Crippen LogP contribution in [0, 0.1) is 0 Å². The molecule has 0 spiro atoms. The van der Waals surface area contributed by atoms with Crippen LogP contribution in [0.25, 0.3) is 52.7 Å². The zero-order valence-electron chi connectivity index (χ0n) is 16.7. The Morgan fingerprint density at radius 3 is 1.41 bits per heavy atom. The van der Waals surface area contributed by atoms with E-state index in [0.29, 0.717) is 0 Å². The molecule has 6 aromatic rings. The molecule has 0 aliphatic heterocycles. The van der Waals surface area contributed by atoms with E-state index in [2.05, 4.69) is 36.4 Å². The second kappa shape index (κ2) is 7.44. The van der Waals surface area contributed by atoms with Gasteiger partial charge in [0.15, 0.2) is 0 Å². The lowest BCUT2D eigenvalue weighted by atomic mass is 10.1. The van der Waals surface area contributed by atoms with Crippen LogP contribution in [0.4, 0.5) is 0 Å². The molecule has 6 rings (SSSR count). The predicted molar refractivity (Wildman–Crippen MR) is 132 cm³/mol. The Morgan fingerprint density at radius 2 is 0.969 bits per heavy atom. The number of phenolic OH excluding ortho intramolecular Hbond substituents is 2. The number of rotatable bonds is 3. The van der Waals surface area contributed by atoms with Gasteiger partial charge in [-0.25, -0.2) is 9.97 Å². The van der Waals surface area contributed by atoms with Crippen LogP contribution in [0.1, 0.15) is 0 Å². The van der Waals surface area contributed by atoms with E-state index in [1.54, 1.807) is 34.8 Å². The van der Waals surface area contributed by atoms with Gasteiger partial charge in [-0.3, -0.25) is 0 Å². The van der Waals surface area contributed by atoms with Crippen molar-refractivity contribution in [1.29, 1.82) is 0 Å². The first-order valence-corrected chi connectivity index (χ1v) is 11.7. The molecule has 4 aromatic carbocycles. The minimum atomic E-state index is 0.237. The first kappa shape index (κ1) is 19.0. The number of para-hydroxylation sites is 2. The fourth-order valence-electron chi connectivity index (χ4n) is 3.75. The van der Waals surface area contributed by atoms with Crippen molar-refractivity contribution in [2.45, 2.75) is 0 Å². The Labute approximate surface area is 191 Å². The minimum absolute atomic E-state index is 0.237. The van der Waals surface area contributed by atoms with Crippen molar-refractivity contribution in [2.24, 2.45) is 0 Å². The Morgan fingerprint density at radius 1 is 0.531 bits per heavy atom. The summed E-state index contributed by atoms with van der Waals surface area (Å²) in [5.41, 5.74) is 5.42. The van der Waals surface area contributed by atoms with Crippen LogP contribution in [0.2, 0.25) is 0 Å². The summed E-state index contributed by atoms with van der Waals surface area (Å²) in [6.45, 7) is 0. The van der Waals surface area contributed by atoms with Gasteiger partial charge in [-0.2, -0.15) is 0 Å². The molecule has 0 bridgehead atoms. The maximum absolute atomic E-state index is 10.2. The Kier molecular flexibility index (Phi) is 4.41. The Balaban J connectivity index is 1.41. The van der Waals surface area contributed by atoms with Crippen LogP contribution in [-0.2, 0) is 0 Å². The third-order valence-corrected chi connectivity index (χ3v) is 7.52. The summed E-state index contributed by atoms with van der Waals surface area (Å²) in [6.07, 6.45) is 0. The average molecular weight is 453 g/mol. The molecule has 0 aliphatic carbocycles. The van der Waals surface area contributed by atoms with Crippen molar-refractivity contribution in [3.8, 4) is 43.8 Å². The number of nitrogens with zero attached hydrogens (tertiary/aromatic N) is 2. The molecule has 154 valence electrons. The lowest BCUT2D eigenvalue weighted by molar-refractivity contribution is 0.477. The van der Waals surface area contributed by atoms with Crippen molar-refractivity contribution in [1.82, 2.24) is 9.97 Å². The summed E-state index contributed by atoms with van der Waals surface area (Å²) in [5.74, 6) is 0.474. The molecule has 0 radical (unpaired) electrons. The number of hydrogen-bond acceptors (Lipinski definition) is 6. The molecule has 2 aromatic heterocycles. The molecule has 0 amide bonds. The highest BCUT2D eigenvalue weighted by Gasteiger charge is 2.13. The SMILES string of the molecule is Oc1ccccc1-c1nc2cc(-c3ccc4sc(-c5ccccc5O)nc4c3)ccc2s1. The molecule has 0 fully saturated rings. The molecule has 0 unspecified atom stereocenters. The second-order valence-corrected chi connectivity index (χ2v) is 9.50. The lowest BCUT2D eigenvalue weighted by Gasteiger charge is -2.01. The molecule has 2 heterocycles. The van der Waals surface area contributed by atoms with Crippen molar-refractivity contribution >= 4 is 43.1 Å². The number of phenols is 2. The number of benzene rings is 4. The first-order valence-electron chi connectivity index (χ1n) is 10.0. The summed E-state index contributed by atoms with van der Waals surface area (Å²) in [4.78, 5) is 9.53. The monoisotopic (exact) mass is 452 g/mol. The molecular weight excluding hydrogens is 436 g/mol. The van der Waals surface area contributed by atoms with E-state index in [9.17, 15) is 10.2 Å². The summed E-state index contributed by atoms with van der Waals surface area (Å²) >= 11 is 3.14. The van der Waals surface area contributed by atoms with Crippen molar-refractivity contribution in [2.75, 3.05) is 0 Å². The molecule has 0 saturated carbocycles. The van der Waals surface area contributed by atoms with Gasteiger partial charge in [0, 0.05) is 0 Å². The lowest BCUT2D eigenvalue weighted by Crippen LogP contribution is -1.80. The van der Waals surface area contributed by atoms with Gasteiger partial charge < -0.3 is 10.2 Å². The third kappa shape index (κ3) is 3.21. The van der Waals surface area contributed by atoms with Crippen LogP contribution in [0.5, 0.6) is 11.5 Å². The van der Waals surface area contributed by atoms with Gasteiger partial charge in [0.25, 0.3) is 0 Å². The van der Waals surface area contributed by atoms with Gasteiger partial charge >= 0.3 is 0 Å². The molecule has 6 heteroatoms. The summed E-state index contributed by atoms with van der Waals surface area (Å²) in [6, 6.07) is 27.0. The van der Waals surface area contributed by atoms with E-state index in [1.165, 1.54) is 0 Å². The molecule has 0 aliphatic rings. The standard InChI is InChI=1S/C26H16N2O2S2/c29-21-7-3-1-5-17(21)25-27-19-13-15(9-11-23(19)31-25)16-10-12-24-20(14-16)28-26(32-24)18-6-2-4-8-22(18)30/h1-14,29-30H. The maximum Gasteiger partial charge on any atom is 0.128 e. The summed E-state index contributed by atoms with van der Waals surface area (Å²) in [7, 11) is 0. The largest absolute Gasteiger partial charge is 0.507 e. The van der Waals surface area contributed by atoms with Crippen molar-refractivity contribution in [3.63, 3.8) is 0 Å².